The van der Waals surface area contributed by atoms with E-state index in [0.717, 1.165) is 6.42 Å². The number of amides is 2. The van der Waals surface area contributed by atoms with Crippen LogP contribution in [-0.4, -0.2) is 37.5 Å². The molecule has 1 aliphatic heterocycles. The number of ether oxygens (including phenoxy) is 2. The van der Waals surface area contributed by atoms with E-state index in [2.05, 4.69) is 5.32 Å². The molecule has 0 saturated carbocycles. The van der Waals surface area contributed by atoms with Crippen LogP contribution in [0.5, 0.6) is 5.75 Å². The molecule has 146 valence electrons. The molecule has 7 heteroatoms. The van der Waals surface area contributed by atoms with Crippen LogP contribution >= 0.6 is 0 Å². The maximum Gasteiger partial charge on any atom is 0.341 e. The van der Waals surface area contributed by atoms with Gasteiger partial charge in [0.25, 0.3) is 5.91 Å². The molecule has 1 atom stereocenters. The van der Waals surface area contributed by atoms with Crippen LogP contribution in [0.3, 0.4) is 0 Å². The minimum atomic E-state index is -1.03. The minimum absolute atomic E-state index is 0.0257. The number of nitrogens with zero attached hydrogens (tertiary/aromatic N) is 1. The Hall–Kier alpha value is -3.35. The molecule has 2 aromatic carbocycles. The molecule has 0 spiro atoms. The Balaban J connectivity index is 1.71. The van der Waals surface area contributed by atoms with E-state index in [-0.39, 0.29) is 11.5 Å². The number of hydrogen-bond donors (Lipinski definition) is 1. The van der Waals surface area contributed by atoms with Crippen molar-refractivity contribution in [3.05, 3.63) is 54.1 Å². The fraction of sp³-hybridized carbons (Fsp3) is 0.286. The molecule has 7 nitrogen and oxygen atoms in total. The number of benzene rings is 2. The number of carbonyl (C=O) groups excluding carboxylic acids is 3. The third-order valence-electron chi connectivity index (χ3n) is 4.51. The van der Waals surface area contributed by atoms with Crippen LogP contribution in [0.4, 0.5) is 11.4 Å². The lowest BCUT2D eigenvalue weighted by Crippen LogP contribution is -2.31. The molecule has 28 heavy (non-hydrogen) atoms. The molecule has 0 aromatic heterocycles. The average molecular weight is 382 g/mol. The number of hydrogen-bond acceptors (Lipinski definition) is 5. The lowest BCUT2D eigenvalue weighted by molar-refractivity contribution is -0.123. The number of rotatable bonds is 6. The highest BCUT2D eigenvalue weighted by Gasteiger charge is 2.27. The van der Waals surface area contributed by atoms with E-state index < -0.39 is 18.0 Å². The summed E-state index contributed by atoms with van der Waals surface area (Å²) in [6.07, 6.45) is 0.181. The van der Waals surface area contributed by atoms with E-state index in [9.17, 15) is 14.4 Å². The van der Waals surface area contributed by atoms with Crippen LogP contribution in [0.15, 0.2) is 48.5 Å². The largest absolute Gasteiger partial charge is 0.495 e. The predicted octanol–water partition coefficient (Wildman–Crippen LogP) is 3.01. The molecular weight excluding hydrogens is 360 g/mol. The monoisotopic (exact) mass is 382 g/mol. The Morgan fingerprint density at radius 1 is 1.11 bits per heavy atom. The molecule has 1 fully saturated rings. The topological polar surface area (TPSA) is 84.9 Å². The molecular formula is C21H22N2O5. The van der Waals surface area contributed by atoms with E-state index in [1.165, 1.54) is 14.0 Å². The maximum absolute atomic E-state index is 12.7. The van der Waals surface area contributed by atoms with Gasteiger partial charge in [0.2, 0.25) is 5.91 Å². The van der Waals surface area contributed by atoms with Crippen molar-refractivity contribution in [3.63, 3.8) is 0 Å². The van der Waals surface area contributed by atoms with E-state index in [4.69, 9.17) is 9.47 Å². The van der Waals surface area contributed by atoms with Gasteiger partial charge in [-0.1, -0.05) is 24.3 Å². The van der Waals surface area contributed by atoms with Gasteiger partial charge >= 0.3 is 5.97 Å². The standard InChI is InChI=1S/C21H22N2O5/c1-14(20(25)22-16-9-4-6-11-18(16)27-2)28-21(26)15-8-3-5-10-17(15)23-13-7-12-19(23)24/h3-6,8-11,14H,7,12-13H2,1-2H3,(H,22,25)/t14-/m1/s1. The first-order valence-electron chi connectivity index (χ1n) is 9.05. The van der Waals surface area contributed by atoms with E-state index >= 15 is 0 Å². The van der Waals surface area contributed by atoms with Crippen LogP contribution in [0.1, 0.15) is 30.1 Å². The summed E-state index contributed by atoms with van der Waals surface area (Å²) >= 11 is 0. The Bertz CT molecular complexity index is 896. The minimum Gasteiger partial charge on any atom is -0.495 e. The van der Waals surface area contributed by atoms with Gasteiger partial charge in [-0.05, 0) is 37.6 Å². The summed E-state index contributed by atoms with van der Waals surface area (Å²) in [6.45, 7) is 2.05. The molecule has 2 amide bonds. The molecule has 1 saturated heterocycles. The normalized spacial score (nSPS) is 14.5. The quantitative estimate of drug-likeness (QED) is 0.777. The summed E-state index contributed by atoms with van der Waals surface area (Å²) in [5.74, 6) is -0.653. The molecule has 0 aliphatic carbocycles. The zero-order valence-corrected chi connectivity index (χ0v) is 15.8. The summed E-state index contributed by atoms with van der Waals surface area (Å²) in [5, 5.41) is 2.69. The molecule has 1 heterocycles. The third kappa shape index (κ3) is 4.14. The van der Waals surface area contributed by atoms with Crippen molar-refractivity contribution in [1.82, 2.24) is 0 Å². The van der Waals surface area contributed by atoms with Crippen molar-refractivity contribution >= 4 is 29.2 Å². The second-order valence-electron chi connectivity index (χ2n) is 6.40. The summed E-state index contributed by atoms with van der Waals surface area (Å²) in [6, 6.07) is 13.7. The van der Waals surface area contributed by atoms with Gasteiger partial charge in [-0.3, -0.25) is 9.59 Å². The average Bonchev–Trinajstić information content (AvgIpc) is 3.14. The second kappa shape index (κ2) is 8.56. The molecule has 1 N–H and O–H groups in total. The van der Waals surface area contributed by atoms with Gasteiger partial charge in [-0.25, -0.2) is 4.79 Å². The number of methoxy groups -OCH3 is 1. The van der Waals surface area contributed by atoms with Gasteiger partial charge < -0.3 is 19.7 Å². The van der Waals surface area contributed by atoms with Crippen LogP contribution in [0, 0.1) is 0 Å². The summed E-state index contributed by atoms with van der Waals surface area (Å²) < 4.78 is 10.5. The zero-order chi connectivity index (χ0) is 20.1. The lowest BCUT2D eigenvalue weighted by atomic mass is 10.1. The molecule has 3 rings (SSSR count). The van der Waals surface area contributed by atoms with Gasteiger partial charge in [-0.2, -0.15) is 0 Å². The Morgan fingerprint density at radius 2 is 1.82 bits per heavy atom. The molecule has 2 aromatic rings. The Labute approximate surface area is 163 Å². The summed E-state index contributed by atoms with van der Waals surface area (Å²) in [5.41, 5.74) is 1.25. The molecule has 1 aliphatic rings. The van der Waals surface area contributed by atoms with Crippen LogP contribution < -0.4 is 15.0 Å². The van der Waals surface area contributed by atoms with Gasteiger partial charge in [0.15, 0.2) is 6.10 Å². The van der Waals surface area contributed by atoms with Gasteiger partial charge in [0.05, 0.1) is 24.0 Å². The number of carbonyl (C=O) groups is 3. The van der Waals surface area contributed by atoms with Gasteiger partial charge in [-0.15, -0.1) is 0 Å². The summed E-state index contributed by atoms with van der Waals surface area (Å²) in [4.78, 5) is 38.7. The van der Waals surface area contributed by atoms with Crippen molar-refractivity contribution < 1.29 is 23.9 Å². The fourth-order valence-electron chi connectivity index (χ4n) is 3.04. The third-order valence-corrected chi connectivity index (χ3v) is 4.51. The first-order valence-corrected chi connectivity index (χ1v) is 9.05. The summed E-state index contributed by atoms with van der Waals surface area (Å²) in [7, 11) is 1.50. The number of esters is 1. The Kier molecular flexibility index (Phi) is 5.93. The van der Waals surface area contributed by atoms with Crippen LogP contribution in [0.2, 0.25) is 0 Å². The fourth-order valence-corrected chi connectivity index (χ4v) is 3.04. The van der Waals surface area contributed by atoms with Crippen LogP contribution in [-0.2, 0) is 14.3 Å². The van der Waals surface area contributed by atoms with Crippen molar-refractivity contribution in [3.8, 4) is 5.75 Å². The van der Waals surface area contributed by atoms with E-state index in [0.29, 0.717) is 30.1 Å². The highest BCUT2D eigenvalue weighted by Crippen LogP contribution is 2.27. The second-order valence-corrected chi connectivity index (χ2v) is 6.40. The molecule has 0 unspecified atom stereocenters. The van der Waals surface area contributed by atoms with Crippen LogP contribution in [0.25, 0.3) is 0 Å². The van der Waals surface area contributed by atoms with Crippen molar-refractivity contribution in [2.45, 2.75) is 25.9 Å². The van der Waals surface area contributed by atoms with Gasteiger partial charge in [0.1, 0.15) is 5.75 Å². The maximum atomic E-state index is 12.7. The zero-order valence-electron chi connectivity index (χ0n) is 15.8. The van der Waals surface area contributed by atoms with E-state index in [1.54, 1.807) is 53.4 Å². The lowest BCUT2D eigenvalue weighted by Gasteiger charge is -2.20. The first-order chi connectivity index (χ1) is 13.5. The number of para-hydroxylation sites is 3. The van der Waals surface area contributed by atoms with Crippen molar-refractivity contribution in [2.75, 3.05) is 23.9 Å². The molecule has 0 bridgehead atoms. The number of nitrogens with one attached hydrogen (secondary N) is 1. The van der Waals surface area contributed by atoms with Crippen molar-refractivity contribution in [2.24, 2.45) is 0 Å². The Morgan fingerprint density at radius 3 is 2.54 bits per heavy atom. The first kappa shape index (κ1) is 19.4. The molecule has 0 radical (unpaired) electrons. The van der Waals surface area contributed by atoms with Gasteiger partial charge in [0, 0.05) is 13.0 Å². The highest BCUT2D eigenvalue weighted by atomic mass is 16.5. The SMILES string of the molecule is COc1ccccc1NC(=O)[C@@H](C)OC(=O)c1ccccc1N1CCCC1=O. The highest BCUT2D eigenvalue weighted by molar-refractivity contribution is 6.04. The number of anilines is 2. The van der Waals surface area contributed by atoms with Crippen molar-refractivity contribution in [1.29, 1.82) is 0 Å². The van der Waals surface area contributed by atoms with E-state index in [1.807, 2.05) is 0 Å². The predicted molar refractivity (Wildman–Crippen MR) is 105 cm³/mol. The smallest absolute Gasteiger partial charge is 0.341 e.